The number of hydrogen-bond donors (Lipinski definition) is 1. The molecule has 0 spiro atoms. The summed E-state index contributed by atoms with van der Waals surface area (Å²) in [6.07, 6.45) is 0. The van der Waals surface area contributed by atoms with Gasteiger partial charge in [-0.15, -0.1) is 0 Å². The Hall–Kier alpha value is -1.54. The van der Waals surface area contributed by atoms with Gasteiger partial charge in [-0.1, -0.05) is 23.7 Å². The minimum atomic E-state index is -0.616. The van der Waals surface area contributed by atoms with Gasteiger partial charge in [0.05, 0.1) is 0 Å². The molecule has 0 saturated heterocycles. The second kappa shape index (κ2) is 4.14. The summed E-state index contributed by atoms with van der Waals surface area (Å²) >= 11 is 5.92. The van der Waals surface area contributed by atoms with Crippen molar-refractivity contribution in [1.29, 1.82) is 0 Å². The maximum atomic E-state index is 12.9. The lowest BCUT2D eigenvalue weighted by molar-refractivity contribution is 0.433. The van der Waals surface area contributed by atoms with E-state index in [0.717, 1.165) is 16.7 Å². The van der Waals surface area contributed by atoms with Crippen molar-refractivity contribution in [2.45, 2.75) is 6.92 Å². The highest BCUT2D eigenvalue weighted by Crippen LogP contribution is 2.28. The van der Waals surface area contributed by atoms with E-state index in [4.69, 9.17) is 11.6 Å². The van der Waals surface area contributed by atoms with E-state index < -0.39 is 5.82 Å². The van der Waals surface area contributed by atoms with Crippen LogP contribution in [0, 0.1) is 12.7 Å². The average Bonchev–Trinajstić information content (AvgIpc) is 2.26. The van der Waals surface area contributed by atoms with E-state index in [9.17, 15) is 9.50 Å². The van der Waals surface area contributed by atoms with Crippen molar-refractivity contribution in [2.75, 3.05) is 0 Å². The fourth-order valence-corrected chi connectivity index (χ4v) is 1.63. The molecular formula is C13H10ClFO. The number of benzene rings is 2. The molecule has 2 aromatic rings. The number of hydrogen-bond acceptors (Lipinski definition) is 1. The van der Waals surface area contributed by atoms with Gasteiger partial charge < -0.3 is 5.11 Å². The van der Waals surface area contributed by atoms with Crippen molar-refractivity contribution in [2.24, 2.45) is 0 Å². The van der Waals surface area contributed by atoms with Gasteiger partial charge in [-0.05, 0) is 47.9 Å². The van der Waals surface area contributed by atoms with E-state index in [0.29, 0.717) is 5.02 Å². The van der Waals surface area contributed by atoms with Crippen molar-refractivity contribution in [1.82, 2.24) is 0 Å². The molecule has 0 aromatic heterocycles. The molecule has 0 saturated carbocycles. The predicted molar refractivity (Wildman–Crippen MR) is 63.2 cm³/mol. The fraction of sp³-hybridized carbons (Fsp3) is 0.0769. The summed E-state index contributed by atoms with van der Waals surface area (Å²) in [6, 6.07) is 9.79. The Bertz CT molecular complexity index is 488. The van der Waals surface area contributed by atoms with Crippen LogP contribution in [0.15, 0.2) is 36.4 Å². The molecule has 0 atom stereocenters. The number of phenols is 1. The number of phenolic OH excluding ortho intramolecular Hbond substituents is 1. The summed E-state index contributed by atoms with van der Waals surface area (Å²) in [5.41, 5.74) is 2.61. The van der Waals surface area contributed by atoms with Crippen LogP contribution in [-0.2, 0) is 0 Å². The number of rotatable bonds is 1. The van der Waals surface area contributed by atoms with E-state index in [1.807, 2.05) is 19.1 Å². The Morgan fingerprint density at radius 2 is 1.69 bits per heavy atom. The molecule has 0 aliphatic rings. The van der Waals surface area contributed by atoms with Crippen LogP contribution >= 0.6 is 11.6 Å². The van der Waals surface area contributed by atoms with Gasteiger partial charge in [0.15, 0.2) is 11.6 Å². The maximum absolute atomic E-state index is 12.9. The van der Waals surface area contributed by atoms with Crippen molar-refractivity contribution in [3.8, 4) is 16.9 Å². The maximum Gasteiger partial charge on any atom is 0.164 e. The molecule has 2 aromatic carbocycles. The zero-order chi connectivity index (χ0) is 11.7. The van der Waals surface area contributed by atoms with Gasteiger partial charge in [0.1, 0.15) is 0 Å². The standard InChI is InChI=1S/C13H10ClFO/c1-8-6-9(2-4-11(8)14)10-3-5-12(15)13(16)7-10/h2-7,16H,1H3. The molecule has 2 rings (SSSR count). The van der Waals surface area contributed by atoms with Crippen molar-refractivity contribution >= 4 is 11.6 Å². The minimum absolute atomic E-state index is 0.342. The van der Waals surface area contributed by atoms with Gasteiger partial charge >= 0.3 is 0 Å². The molecule has 16 heavy (non-hydrogen) atoms. The predicted octanol–water partition coefficient (Wildman–Crippen LogP) is 4.16. The molecule has 0 heterocycles. The second-order valence-electron chi connectivity index (χ2n) is 3.63. The summed E-state index contributed by atoms with van der Waals surface area (Å²) in [7, 11) is 0. The van der Waals surface area contributed by atoms with E-state index in [1.54, 1.807) is 12.1 Å². The molecule has 3 heteroatoms. The fourth-order valence-electron chi connectivity index (χ4n) is 1.52. The number of halogens is 2. The quantitative estimate of drug-likeness (QED) is 0.788. The van der Waals surface area contributed by atoms with E-state index in [-0.39, 0.29) is 5.75 Å². The topological polar surface area (TPSA) is 20.2 Å². The molecule has 0 fully saturated rings. The lowest BCUT2D eigenvalue weighted by Crippen LogP contribution is -1.82. The van der Waals surface area contributed by atoms with E-state index in [2.05, 4.69) is 0 Å². The SMILES string of the molecule is Cc1cc(-c2ccc(F)c(O)c2)ccc1Cl. The molecule has 82 valence electrons. The molecular weight excluding hydrogens is 227 g/mol. The third-order valence-electron chi connectivity index (χ3n) is 2.44. The monoisotopic (exact) mass is 236 g/mol. The third-order valence-corrected chi connectivity index (χ3v) is 2.86. The van der Waals surface area contributed by atoms with Gasteiger partial charge in [-0.2, -0.15) is 0 Å². The summed E-state index contributed by atoms with van der Waals surface area (Å²) < 4.78 is 12.9. The minimum Gasteiger partial charge on any atom is -0.505 e. The lowest BCUT2D eigenvalue weighted by Gasteiger charge is -2.05. The van der Waals surface area contributed by atoms with Gasteiger partial charge in [-0.25, -0.2) is 4.39 Å². The summed E-state index contributed by atoms with van der Waals surface area (Å²) in [5.74, 6) is -0.959. The first-order valence-electron chi connectivity index (χ1n) is 4.83. The molecule has 0 amide bonds. The first-order valence-corrected chi connectivity index (χ1v) is 5.21. The van der Waals surface area contributed by atoms with Crippen LogP contribution in [0.4, 0.5) is 4.39 Å². The molecule has 0 radical (unpaired) electrons. The van der Waals surface area contributed by atoms with Crippen LogP contribution in [0.2, 0.25) is 5.02 Å². The van der Waals surface area contributed by atoms with Crippen LogP contribution in [0.3, 0.4) is 0 Å². The lowest BCUT2D eigenvalue weighted by atomic mass is 10.0. The van der Waals surface area contributed by atoms with Gasteiger partial charge in [0.25, 0.3) is 0 Å². The van der Waals surface area contributed by atoms with Gasteiger partial charge in [0.2, 0.25) is 0 Å². The van der Waals surface area contributed by atoms with Crippen molar-refractivity contribution in [3.63, 3.8) is 0 Å². The highest BCUT2D eigenvalue weighted by atomic mass is 35.5. The average molecular weight is 237 g/mol. The number of aryl methyl sites for hydroxylation is 1. The highest BCUT2D eigenvalue weighted by Gasteiger charge is 2.04. The molecule has 0 bridgehead atoms. The van der Waals surface area contributed by atoms with Gasteiger partial charge in [-0.3, -0.25) is 0 Å². The Kier molecular flexibility index (Phi) is 2.84. The molecule has 0 aliphatic carbocycles. The summed E-state index contributed by atoms with van der Waals surface area (Å²) in [6.45, 7) is 1.90. The first kappa shape index (κ1) is 11.0. The van der Waals surface area contributed by atoms with E-state index >= 15 is 0 Å². The Labute approximate surface area is 98.1 Å². The molecule has 0 unspecified atom stereocenters. The Morgan fingerprint density at radius 3 is 2.31 bits per heavy atom. The summed E-state index contributed by atoms with van der Waals surface area (Å²) in [4.78, 5) is 0. The zero-order valence-electron chi connectivity index (χ0n) is 8.67. The van der Waals surface area contributed by atoms with Crippen molar-refractivity contribution in [3.05, 3.63) is 52.8 Å². The normalized spacial score (nSPS) is 10.4. The molecule has 1 nitrogen and oxygen atoms in total. The zero-order valence-corrected chi connectivity index (χ0v) is 9.42. The van der Waals surface area contributed by atoms with Crippen molar-refractivity contribution < 1.29 is 9.50 Å². The first-order chi connectivity index (χ1) is 7.58. The summed E-state index contributed by atoms with van der Waals surface area (Å²) in [5, 5.41) is 9.97. The van der Waals surface area contributed by atoms with Crippen LogP contribution < -0.4 is 0 Å². The second-order valence-corrected chi connectivity index (χ2v) is 4.04. The highest BCUT2D eigenvalue weighted by molar-refractivity contribution is 6.31. The van der Waals surface area contributed by atoms with Crippen LogP contribution in [0.1, 0.15) is 5.56 Å². The van der Waals surface area contributed by atoms with Crippen LogP contribution in [0.5, 0.6) is 5.75 Å². The Morgan fingerprint density at radius 1 is 1.06 bits per heavy atom. The molecule has 1 N–H and O–H groups in total. The van der Waals surface area contributed by atoms with Gasteiger partial charge in [0, 0.05) is 5.02 Å². The Balaban J connectivity index is 2.50. The molecule has 0 aliphatic heterocycles. The largest absolute Gasteiger partial charge is 0.505 e. The number of aromatic hydroxyl groups is 1. The van der Waals surface area contributed by atoms with Crippen LogP contribution in [0.25, 0.3) is 11.1 Å². The van der Waals surface area contributed by atoms with Crippen LogP contribution in [-0.4, -0.2) is 5.11 Å². The van der Waals surface area contributed by atoms with E-state index in [1.165, 1.54) is 12.1 Å². The third kappa shape index (κ3) is 2.02. The smallest absolute Gasteiger partial charge is 0.164 e.